The molecule has 0 spiro atoms. The Balaban J connectivity index is 2.02. The van der Waals surface area contributed by atoms with Crippen LogP contribution in [0.25, 0.3) is 0 Å². The Morgan fingerprint density at radius 2 is 1.95 bits per heavy atom. The van der Waals surface area contributed by atoms with E-state index in [2.05, 4.69) is 5.32 Å². The molecule has 0 bridgehead atoms. The molecule has 0 saturated carbocycles. The maximum atomic E-state index is 12.5. The van der Waals surface area contributed by atoms with Gasteiger partial charge < -0.3 is 15.1 Å². The largest absolute Gasteiger partial charge is 0.326 e. The third-order valence-electron chi connectivity index (χ3n) is 3.91. The van der Waals surface area contributed by atoms with Gasteiger partial charge in [0.05, 0.1) is 0 Å². The van der Waals surface area contributed by atoms with Gasteiger partial charge in [-0.25, -0.2) is 4.79 Å². The summed E-state index contributed by atoms with van der Waals surface area (Å²) in [7, 11) is 0. The molecule has 0 fully saturated rings. The van der Waals surface area contributed by atoms with Crippen LogP contribution in [0, 0.1) is 0 Å². The summed E-state index contributed by atoms with van der Waals surface area (Å²) in [5.41, 5.74) is 2.15. The summed E-state index contributed by atoms with van der Waals surface area (Å²) in [6.07, 6.45) is 0.874. The average Bonchev–Trinajstić information content (AvgIpc) is 2.91. The number of hydrogen-bond donors (Lipinski definition) is 1. The Morgan fingerprint density at radius 3 is 2.62 bits per heavy atom. The van der Waals surface area contributed by atoms with Crippen molar-refractivity contribution in [1.29, 1.82) is 0 Å². The first-order valence-electron chi connectivity index (χ1n) is 7.53. The van der Waals surface area contributed by atoms with Crippen molar-refractivity contribution < 1.29 is 9.59 Å². The molecule has 1 heterocycles. The molecule has 0 radical (unpaired) electrons. The van der Waals surface area contributed by atoms with Gasteiger partial charge in [0.1, 0.15) is 6.04 Å². The van der Waals surface area contributed by atoms with Crippen LogP contribution in [0.1, 0.15) is 26.3 Å². The predicted molar refractivity (Wildman–Crippen MR) is 83.4 cm³/mol. The SMILES string of the molecule is CCN(CC)C(=O)N[C@@H](C)C(=O)N1CCc2ccccc21. The van der Waals surface area contributed by atoms with Crippen LogP contribution in [0.3, 0.4) is 0 Å². The van der Waals surface area contributed by atoms with Gasteiger partial charge in [-0.1, -0.05) is 18.2 Å². The second-order valence-electron chi connectivity index (χ2n) is 5.21. The van der Waals surface area contributed by atoms with Gasteiger partial charge in [0, 0.05) is 25.3 Å². The summed E-state index contributed by atoms with van der Waals surface area (Å²) in [4.78, 5) is 28.0. The van der Waals surface area contributed by atoms with Crippen molar-refractivity contribution in [3.8, 4) is 0 Å². The van der Waals surface area contributed by atoms with Gasteiger partial charge in [0.25, 0.3) is 0 Å². The molecule has 5 nitrogen and oxygen atoms in total. The van der Waals surface area contributed by atoms with Gasteiger partial charge in [-0.3, -0.25) is 4.79 Å². The Kier molecular flexibility index (Phi) is 4.83. The number of hydrogen-bond acceptors (Lipinski definition) is 2. The molecule has 1 aromatic carbocycles. The highest BCUT2D eigenvalue weighted by Gasteiger charge is 2.28. The average molecular weight is 289 g/mol. The van der Waals surface area contributed by atoms with E-state index in [9.17, 15) is 9.59 Å². The van der Waals surface area contributed by atoms with Crippen molar-refractivity contribution in [2.45, 2.75) is 33.2 Å². The topological polar surface area (TPSA) is 52.7 Å². The number of nitrogens with one attached hydrogen (secondary N) is 1. The number of nitrogens with zero attached hydrogens (tertiary/aromatic N) is 2. The molecule has 1 aliphatic rings. The fraction of sp³-hybridized carbons (Fsp3) is 0.500. The maximum absolute atomic E-state index is 12.5. The van der Waals surface area contributed by atoms with E-state index in [0.29, 0.717) is 19.6 Å². The highest BCUT2D eigenvalue weighted by molar-refractivity contribution is 6.00. The van der Waals surface area contributed by atoms with Crippen LogP contribution >= 0.6 is 0 Å². The number of anilines is 1. The van der Waals surface area contributed by atoms with E-state index < -0.39 is 6.04 Å². The Labute approximate surface area is 125 Å². The van der Waals surface area contributed by atoms with Gasteiger partial charge in [-0.15, -0.1) is 0 Å². The fourth-order valence-corrected chi connectivity index (χ4v) is 2.65. The molecule has 0 saturated heterocycles. The summed E-state index contributed by atoms with van der Waals surface area (Å²) in [6.45, 7) is 7.54. The number of benzene rings is 1. The normalized spacial score (nSPS) is 14.5. The van der Waals surface area contributed by atoms with Crippen molar-refractivity contribution in [2.24, 2.45) is 0 Å². The zero-order valence-electron chi connectivity index (χ0n) is 12.9. The molecule has 1 aromatic rings. The second kappa shape index (κ2) is 6.61. The van der Waals surface area contributed by atoms with Crippen LogP contribution in [0.2, 0.25) is 0 Å². The maximum Gasteiger partial charge on any atom is 0.318 e. The lowest BCUT2D eigenvalue weighted by Crippen LogP contribution is -2.50. The van der Waals surface area contributed by atoms with E-state index in [4.69, 9.17) is 0 Å². The minimum absolute atomic E-state index is 0.0551. The molecular formula is C16H23N3O2. The van der Waals surface area contributed by atoms with Crippen LogP contribution in [0.5, 0.6) is 0 Å². The molecular weight excluding hydrogens is 266 g/mol. The van der Waals surface area contributed by atoms with Crippen LogP contribution in [0.15, 0.2) is 24.3 Å². The number of amides is 3. The van der Waals surface area contributed by atoms with E-state index in [1.54, 1.807) is 16.7 Å². The molecule has 1 N–H and O–H groups in total. The van der Waals surface area contributed by atoms with Crippen LogP contribution < -0.4 is 10.2 Å². The van der Waals surface area contributed by atoms with Crippen molar-refractivity contribution >= 4 is 17.6 Å². The number of fused-ring (bicyclic) bond motifs is 1. The zero-order valence-corrected chi connectivity index (χ0v) is 12.9. The smallest absolute Gasteiger partial charge is 0.318 e. The summed E-state index contributed by atoms with van der Waals surface area (Å²) < 4.78 is 0. The minimum Gasteiger partial charge on any atom is -0.326 e. The standard InChI is InChI=1S/C16H23N3O2/c1-4-18(5-2)16(21)17-12(3)15(20)19-11-10-13-8-6-7-9-14(13)19/h6-9,12H,4-5,10-11H2,1-3H3,(H,17,21)/t12-/m0/s1. The summed E-state index contributed by atoms with van der Waals surface area (Å²) >= 11 is 0. The van der Waals surface area contributed by atoms with Crippen LogP contribution in [0.4, 0.5) is 10.5 Å². The Hall–Kier alpha value is -2.04. The molecule has 21 heavy (non-hydrogen) atoms. The number of rotatable bonds is 4. The van der Waals surface area contributed by atoms with Gasteiger partial charge in [0.2, 0.25) is 5.91 Å². The summed E-state index contributed by atoms with van der Waals surface area (Å²) in [5, 5.41) is 2.79. The lowest BCUT2D eigenvalue weighted by molar-refractivity contribution is -0.119. The Bertz CT molecular complexity index is 526. The molecule has 1 aliphatic heterocycles. The highest BCUT2D eigenvalue weighted by Crippen LogP contribution is 2.27. The molecule has 0 unspecified atom stereocenters. The lowest BCUT2D eigenvalue weighted by Gasteiger charge is -2.25. The number of para-hydroxylation sites is 1. The van der Waals surface area contributed by atoms with Gasteiger partial charge in [0.15, 0.2) is 0 Å². The molecule has 0 aliphatic carbocycles. The monoisotopic (exact) mass is 289 g/mol. The molecule has 114 valence electrons. The zero-order chi connectivity index (χ0) is 15.4. The fourth-order valence-electron chi connectivity index (χ4n) is 2.65. The molecule has 2 rings (SSSR count). The number of carbonyl (C=O) groups is 2. The third-order valence-corrected chi connectivity index (χ3v) is 3.91. The summed E-state index contributed by atoms with van der Waals surface area (Å²) in [5.74, 6) is -0.0551. The van der Waals surface area contributed by atoms with Crippen molar-refractivity contribution in [3.05, 3.63) is 29.8 Å². The molecule has 1 atom stereocenters. The van der Waals surface area contributed by atoms with Crippen molar-refractivity contribution in [3.63, 3.8) is 0 Å². The van der Waals surface area contributed by atoms with Gasteiger partial charge >= 0.3 is 6.03 Å². The molecule has 0 aromatic heterocycles. The Morgan fingerprint density at radius 1 is 1.29 bits per heavy atom. The van der Waals surface area contributed by atoms with Gasteiger partial charge in [-0.05, 0) is 38.8 Å². The van der Waals surface area contributed by atoms with Crippen LogP contribution in [-0.2, 0) is 11.2 Å². The van der Waals surface area contributed by atoms with E-state index in [1.165, 1.54) is 5.56 Å². The molecule has 3 amide bonds. The van der Waals surface area contributed by atoms with E-state index in [0.717, 1.165) is 12.1 Å². The minimum atomic E-state index is -0.524. The first-order valence-corrected chi connectivity index (χ1v) is 7.53. The first kappa shape index (κ1) is 15.4. The lowest BCUT2D eigenvalue weighted by atomic mass is 10.2. The van der Waals surface area contributed by atoms with Gasteiger partial charge in [-0.2, -0.15) is 0 Å². The number of urea groups is 1. The van der Waals surface area contributed by atoms with Crippen molar-refractivity contribution in [1.82, 2.24) is 10.2 Å². The van der Waals surface area contributed by atoms with E-state index in [-0.39, 0.29) is 11.9 Å². The summed E-state index contributed by atoms with van der Waals surface area (Å²) in [6, 6.07) is 7.21. The van der Waals surface area contributed by atoms with E-state index >= 15 is 0 Å². The highest BCUT2D eigenvalue weighted by atomic mass is 16.2. The van der Waals surface area contributed by atoms with Crippen molar-refractivity contribution in [2.75, 3.05) is 24.5 Å². The first-order chi connectivity index (χ1) is 10.1. The van der Waals surface area contributed by atoms with Crippen LogP contribution in [-0.4, -0.2) is 42.5 Å². The van der Waals surface area contributed by atoms with E-state index in [1.807, 2.05) is 38.1 Å². The molecule has 5 heteroatoms. The third kappa shape index (κ3) is 3.17. The second-order valence-corrected chi connectivity index (χ2v) is 5.21. The number of carbonyl (C=O) groups excluding carboxylic acids is 2. The predicted octanol–water partition coefficient (Wildman–Crippen LogP) is 2.02. The quantitative estimate of drug-likeness (QED) is 0.922.